The van der Waals surface area contributed by atoms with Gasteiger partial charge in [-0.25, -0.2) is 9.78 Å². The Kier molecular flexibility index (Phi) is 4.31. The van der Waals surface area contributed by atoms with E-state index in [4.69, 9.17) is 4.74 Å². The van der Waals surface area contributed by atoms with E-state index in [1.807, 2.05) is 6.92 Å². The van der Waals surface area contributed by atoms with Crippen molar-refractivity contribution in [3.63, 3.8) is 0 Å². The van der Waals surface area contributed by atoms with Gasteiger partial charge in [0.05, 0.1) is 11.1 Å². The highest BCUT2D eigenvalue weighted by atomic mass is 79.9. The summed E-state index contributed by atoms with van der Waals surface area (Å²) in [5, 5.41) is 0. The third-order valence-corrected chi connectivity index (χ3v) is 5.10. The number of aryl methyl sites for hydroxylation is 1. The molecule has 1 unspecified atom stereocenters. The number of esters is 1. The Bertz CT molecular complexity index is 566. The van der Waals surface area contributed by atoms with Crippen LogP contribution in [0.5, 0.6) is 0 Å². The van der Waals surface area contributed by atoms with Crippen LogP contribution in [0.3, 0.4) is 0 Å². The maximum atomic E-state index is 12.4. The molecule has 2 aliphatic heterocycles. The summed E-state index contributed by atoms with van der Waals surface area (Å²) < 4.78 is 6.48. The van der Waals surface area contributed by atoms with Crippen molar-refractivity contribution in [1.82, 2.24) is 9.88 Å². The number of cyclic esters (lactones) is 1. The molecule has 0 saturated carbocycles. The van der Waals surface area contributed by atoms with Gasteiger partial charge in [0, 0.05) is 18.8 Å². The Labute approximate surface area is 134 Å². The van der Waals surface area contributed by atoms with Gasteiger partial charge in [0.15, 0.2) is 6.23 Å². The Morgan fingerprint density at radius 3 is 2.57 bits per heavy atom. The van der Waals surface area contributed by atoms with E-state index < -0.39 is 0 Å². The van der Waals surface area contributed by atoms with E-state index in [1.54, 1.807) is 0 Å². The molecule has 4 nitrogen and oxygen atoms in total. The van der Waals surface area contributed by atoms with Crippen molar-refractivity contribution in [2.45, 2.75) is 52.2 Å². The molecule has 0 N–H and O–H groups in total. The van der Waals surface area contributed by atoms with Gasteiger partial charge in [0.2, 0.25) is 0 Å². The molecule has 1 fully saturated rings. The van der Waals surface area contributed by atoms with Gasteiger partial charge in [-0.1, -0.05) is 19.8 Å². The number of carbonyl (C=O) groups excluding carboxylic acids is 1. The highest BCUT2D eigenvalue weighted by Gasteiger charge is 2.39. The average Bonchev–Trinajstić information content (AvgIpc) is 2.66. The van der Waals surface area contributed by atoms with Gasteiger partial charge in [-0.2, -0.15) is 0 Å². The van der Waals surface area contributed by atoms with Crippen LogP contribution in [0.25, 0.3) is 0 Å². The number of halogens is 1. The van der Waals surface area contributed by atoms with E-state index in [1.165, 1.54) is 25.7 Å². The van der Waals surface area contributed by atoms with Crippen LogP contribution in [0.1, 0.15) is 66.0 Å². The second-order valence-electron chi connectivity index (χ2n) is 5.82. The minimum Gasteiger partial charge on any atom is -0.438 e. The fraction of sp³-hybridized carbons (Fsp3) is 0.625. The van der Waals surface area contributed by atoms with Crippen LogP contribution in [0.2, 0.25) is 0 Å². The van der Waals surface area contributed by atoms with Gasteiger partial charge in [-0.15, -0.1) is 0 Å². The molecular formula is C16H21BrN2O2. The van der Waals surface area contributed by atoms with Crippen molar-refractivity contribution >= 4 is 21.9 Å². The maximum absolute atomic E-state index is 12.4. The summed E-state index contributed by atoms with van der Waals surface area (Å²) in [6.07, 6.45) is 5.39. The number of rotatable bonds is 2. The van der Waals surface area contributed by atoms with Crippen molar-refractivity contribution in [3.8, 4) is 0 Å². The first kappa shape index (κ1) is 15.0. The SMILES string of the molecule is CCc1c(C)nc(Br)c2c1C(=O)OC2N1CCCCCC1. The lowest BCUT2D eigenvalue weighted by Crippen LogP contribution is -2.30. The van der Waals surface area contributed by atoms with E-state index in [2.05, 4.69) is 32.7 Å². The molecule has 1 atom stereocenters. The summed E-state index contributed by atoms with van der Waals surface area (Å²) in [6.45, 7) is 5.99. The minimum atomic E-state index is -0.265. The normalized spacial score (nSPS) is 22.8. The summed E-state index contributed by atoms with van der Waals surface area (Å²) in [5.74, 6) is -0.192. The lowest BCUT2D eigenvalue weighted by Gasteiger charge is -2.26. The van der Waals surface area contributed by atoms with Gasteiger partial charge in [-0.3, -0.25) is 4.90 Å². The van der Waals surface area contributed by atoms with Gasteiger partial charge in [-0.05, 0) is 47.7 Å². The summed E-state index contributed by atoms with van der Waals surface area (Å²) in [7, 11) is 0. The Hall–Kier alpha value is -0.940. The molecule has 1 aromatic rings. The Morgan fingerprint density at radius 2 is 1.95 bits per heavy atom. The van der Waals surface area contributed by atoms with Crippen molar-refractivity contribution in [1.29, 1.82) is 0 Å². The van der Waals surface area contributed by atoms with Crippen molar-refractivity contribution in [3.05, 3.63) is 27.0 Å². The molecule has 0 spiro atoms. The predicted molar refractivity (Wildman–Crippen MR) is 84.2 cm³/mol. The van der Waals surface area contributed by atoms with E-state index in [0.717, 1.165) is 46.5 Å². The first-order valence-corrected chi connectivity index (χ1v) is 8.56. The van der Waals surface area contributed by atoms with E-state index >= 15 is 0 Å². The molecule has 21 heavy (non-hydrogen) atoms. The van der Waals surface area contributed by atoms with Crippen molar-refractivity contribution in [2.24, 2.45) is 0 Å². The number of nitrogens with zero attached hydrogens (tertiary/aromatic N) is 2. The molecule has 0 radical (unpaired) electrons. The molecule has 2 aliphatic rings. The smallest absolute Gasteiger partial charge is 0.340 e. The number of pyridine rings is 1. The zero-order valence-electron chi connectivity index (χ0n) is 12.6. The molecule has 3 rings (SSSR count). The van der Waals surface area contributed by atoms with Crippen molar-refractivity contribution in [2.75, 3.05) is 13.1 Å². The quantitative estimate of drug-likeness (QED) is 0.600. The lowest BCUT2D eigenvalue weighted by atomic mass is 10.00. The Balaban J connectivity index is 2.04. The van der Waals surface area contributed by atoms with Crippen LogP contribution in [0.15, 0.2) is 4.60 Å². The molecule has 1 aromatic heterocycles. The first-order valence-electron chi connectivity index (χ1n) is 7.77. The highest BCUT2D eigenvalue weighted by Crippen LogP contribution is 2.40. The molecule has 114 valence electrons. The number of aromatic nitrogens is 1. The topological polar surface area (TPSA) is 42.4 Å². The summed E-state index contributed by atoms with van der Waals surface area (Å²) >= 11 is 3.55. The third-order valence-electron chi connectivity index (χ3n) is 4.49. The predicted octanol–water partition coefficient (Wildman–Crippen LogP) is 3.76. The molecule has 0 aromatic carbocycles. The van der Waals surface area contributed by atoms with Crippen molar-refractivity contribution < 1.29 is 9.53 Å². The standard InChI is InChI=1S/C16H21BrN2O2/c1-3-11-10(2)18-14(17)13-12(11)16(20)21-15(13)19-8-6-4-5-7-9-19/h15H,3-9H2,1-2H3. The maximum Gasteiger partial charge on any atom is 0.340 e. The van der Waals surface area contributed by atoms with Crippen LogP contribution >= 0.6 is 15.9 Å². The van der Waals surface area contributed by atoms with Gasteiger partial charge >= 0.3 is 5.97 Å². The number of hydrogen-bond donors (Lipinski definition) is 0. The average molecular weight is 353 g/mol. The number of carbonyl (C=O) groups is 1. The van der Waals surface area contributed by atoms with Gasteiger partial charge in [0.1, 0.15) is 4.60 Å². The summed E-state index contributed by atoms with van der Waals surface area (Å²) in [5.41, 5.74) is 3.61. The zero-order valence-corrected chi connectivity index (χ0v) is 14.2. The van der Waals surface area contributed by atoms with E-state index in [9.17, 15) is 4.79 Å². The third kappa shape index (κ3) is 2.61. The number of ether oxygens (including phenoxy) is 1. The molecule has 0 aliphatic carbocycles. The monoisotopic (exact) mass is 352 g/mol. The minimum absolute atomic E-state index is 0.192. The molecule has 5 heteroatoms. The second kappa shape index (κ2) is 6.05. The Morgan fingerprint density at radius 1 is 1.29 bits per heavy atom. The van der Waals surface area contributed by atoms with Crippen LogP contribution in [-0.2, 0) is 11.2 Å². The van der Waals surface area contributed by atoms with E-state index in [-0.39, 0.29) is 12.2 Å². The molecule has 1 saturated heterocycles. The molecule has 0 bridgehead atoms. The summed E-state index contributed by atoms with van der Waals surface area (Å²) in [4.78, 5) is 19.3. The number of hydrogen-bond acceptors (Lipinski definition) is 4. The fourth-order valence-corrected chi connectivity index (χ4v) is 4.08. The fourth-order valence-electron chi connectivity index (χ4n) is 3.42. The van der Waals surface area contributed by atoms with Crippen LogP contribution in [-0.4, -0.2) is 28.9 Å². The first-order chi connectivity index (χ1) is 10.1. The van der Waals surface area contributed by atoms with E-state index in [0.29, 0.717) is 0 Å². The zero-order chi connectivity index (χ0) is 15.0. The molecular weight excluding hydrogens is 332 g/mol. The lowest BCUT2D eigenvalue weighted by molar-refractivity contribution is -0.0221. The van der Waals surface area contributed by atoms with Crippen LogP contribution < -0.4 is 0 Å². The van der Waals surface area contributed by atoms with Crippen LogP contribution in [0.4, 0.5) is 0 Å². The number of fused-ring (bicyclic) bond motifs is 1. The summed E-state index contributed by atoms with van der Waals surface area (Å²) in [6, 6.07) is 0. The molecule has 3 heterocycles. The largest absolute Gasteiger partial charge is 0.438 e. The van der Waals surface area contributed by atoms with Gasteiger partial charge < -0.3 is 4.74 Å². The van der Waals surface area contributed by atoms with Gasteiger partial charge in [0.25, 0.3) is 0 Å². The second-order valence-corrected chi connectivity index (χ2v) is 6.57. The number of likely N-dealkylation sites (tertiary alicyclic amines) is 1. The molecule has 0 amide bonds. The van der Waals surface area contributed by atoms with Crippen LogP contribution in [0, 0.1) is 6.92 Å². The highest BCUT2D eigenvalue weighted by molar-refractivity contribution is 9.10.